The van der Waals surface area contributed by atoms with Crippen molar-refractivity contribution in [1.29, 1.82) is 0 Å². The van der Waals surface area contributed by atoms with Crippen LogP contribution in [0.15, 0.2) is 36.4 Å². The van der Waals surface area contributed by atoms with Crippen LogP contribution in [0.5, 0.6) is 0 Å². The minimum atomic E-state index is 0.245. The zero-order chi connectivity index (χ0) is 17.6. The van der Waals surface area contributed by atoms with Gasteiger partial charge in [0.25, 0.3) is 0 Å². The molecule has 1 aliphatic rings. The van der Waals surface area contributed by atoms with Crippen molar-refractivity contribution in [3.63, 3.8) is 0 Å². The number of hydrogen-bond acceptors (Lipinski definition) is 4. The molecule has 0 bridgehead atoms. The summed E-state index contributed by atoms with van der Waals surface area (Å²) in [4.78, 5) is 16.6. The maximum Gasteiger partial charge on any atom is 0.223 e. The van der Waals surface area contributed by atoms with Gasteiger partial charge < -0.3 is 9.80 Å². The second-order valence-corrected chi connectivity index (χ2v) is 6.57. The highest BCUT2D eigenvalue weighted by atomic mass is 16.2. The van der Waals surface area contributed by atoms with Crippen molar-refractivity contribution in [2.24, 2.45) is 0 Å². The number of hydrogen-bond donors (Lipinski definition) is 0. The summed E-state index contributed by atoms with van der Waals surface area (Å²) >= 11 is 0. The normalized spacial score (nSPS) is 14.6. The Morgan fingerprint density at radius 1 is 0.960 bits per heavy atom. The number of carbonyl (C=O) groups excluding carboxylic acids is 1. The van der Waals surface area contributed by atoms with Crippen molar-refractivity contribution in [3.05, 3.63) is 53.2 Å². The molecule has 0 saturated carbocycles. The first kappa shape index (κ1) is 17.4. The van der Waals surface area contributed by atoms with Crippen LogP contribution in [0, 0.1) is 6.92 Å². The Hall–Kier alpha value is -2.43. The molecule has 132 valence electrons. The van der Waals surface area contributed by atoms with Gasteiger partial charge in [-0.3, -0.25) is 4.79 Å². The molecule has 3 rings (SSSR count). The van der Waals surface area contributed by atoms with Gasteiger partial charge in [0.15, 0.2) is 5.82 Å². The second-order valence-electron chi connectivity index (χ2n) is 6.57. The highest BCUT2D eigenvalue weighted by molar-refractivity contribution is 5.76. The number of amides is 1. The Labute approximate surface area is 149 Å². The van der Waals surface area contributed by atoms with Gasteiger partial charge in [-0.15, -0.1) is 5.10 Å². The molecule has 1 saturated heterocycles. The molecule has 1 aromatic carbocycles. The number of anilines is 1. The summed E-state index contributed by atoms with van der Waals surface area (Å²) < 4.78 is 0. The standard InChI is InChI=1S/C20H26N4O/c1-3-17-5-7-18(8-6-17)9-11-20(25)24-14-12-23(13-15-24)19-10-4-16(2)21-22-19/h4-8,10H,3,9,11-15H2,1-2H3. The number of carbonyl (C=O) groups is 1. The van der Waals surface area contributed by atoms with E-state index in [2.05, 4.69) is 46.3 Å². The maximum atomic E-state index is 12.5. The molecule has 25 heavy (non-hydrogen) atoms. The van der Waals surface area contributed by atoms with Gasteiger partial charge in [0.2, 0.25) is 5.91 Å². The molecule has 0 aliphatic carbocycles. The van der Waals surface area contributed by atoms with Gasteiger partial charge in [-0.25, -0.2) is 0 Å². The molecule has 0 N–H and O–H groups in total. The third kappa shape index (κ3) is 4.56. The van der Waals surface area contributed by atoms with E-state index in [0.29, 0.717) is 6.42 Å². The van der Waals surface area contributed by atoms with Gasteiger partial charge in [0, 0.05) is 32.6 Å². The fraction of sp³-hybridized carbons (Fsp3) is 0.450. The summed E-state index contributed by atoms with van der Waals surface area (Å²) in [7, 11) is 0. The molecule has 2 aromatic rings. The van der Waals surface area contributed by atoms with E-state index < -0.39 is 0 Å². The molecule has 5 heteroatoms. The lowest BCUT2D eigenvalue weighted by molar-refractivity contribution is -0.131. The van der Waals surface area contributed by atoms with Crippen LogP contribution in [-0.4, -0.2) is 47.2 Å². The number of aryl methyl sites for hydroxylation is 3. The molecule has 2 heterocycles. The Morgan fingerprint density at radius 2 is 1.64 bits per heavy atom. The molecular formula is C20H26N4O. The van der Waals surface area contributed by atoms with Crippen LogP contribution in [0.1, 0.15) is 30.2 Å². The lowest BCUT2D eigenvalue weighted by Gasteiger charge is -2.35. The lowest BCUT2D eigenvalue weighted by Crippen LogP contribution is -2.49. The third-order valence-corrected chi connectivity index (χ3v) is 4.80. The summed E-state index contributed by atoms with van der Waals surface area (Å²) in [5, 5.41) is 8.35. The van der Waals surface area contributed by atoms with Gasteiger partial charge in [0.1, 0.15) is 0 Å². The summed E-state index contributed by atoms with van der Waals surface area (Å²) in [5.41, 5.74) is 3.49. The van der Waals surface area contributed by atoms with Crippen LogP contribution in [0.2, 0.25) is 0 Å². The van der Waals surface area contributed by atoms with Crippen molar-refractivity contribution >= 4 is 11.7 Å². The lowest BCUT2D eigenvalue weighted by atomic mass is 10.1. The van der Waals surface area contributed by atoms with Gasteiger partial charge >= 0.3 is 0 Å². The predicted octanol–water partition coefficient (Wildman–Crippen LogP) is 2.63. The Morgan fingerprint density at radius 3 is 2.24 bits per heavy atom. The molecule has 0 radical (unpaired) electrons. The second kappa shape index (κ2) is 8.10. The van der Waals surface area contributed by atoms with E-state index in [1.54, 1.807) is 0 Å². The number of benzene rings is 1. The average Bonchev–Trinajstić information content (AvgIpc) is 2.67. The van der Waals surface area contributed by atoms with E-state index in [4.69, 9.17) is 0 Å². The Bertz CT molecular complexity index is 689. The maximum absolute atomic E-state index is 12.5. The molecular weight excluding hydrogens is 312 g/mol. The van der Waals surface area contributed by atoms with E-state index >= 15 is 0 Å². The highest BCUT2D eigenvalue weighted by Gasteiger charge is 2.21. The van der Waals surface area contributed by atoms with Gasteiger partial charge in [-0.2, -0.15) is 5.10 Å². The number of aromatic nitrogens is 2. The molecule has 1 fully saturated rings. The Kier molecular flexibility index (Phi) is 5.64. The van der Waals surface area contributed by atoms with Gasteiger partial charge in [-0.05, 0) is 43.0 Å². The van der Waals surface area contributed by atoms with E-state index in [1.165, 1.54) is 11.1 Å². The average molecular weight is 338 g/mol. The van der Waals surface area contributed by atoms with Gasteiger partial charge in [0.05, 0.1) is 5.69 Å². The largest absolute Gasteiger partial charge is 0.352 e. The minimum absolute atomic E-state index is 0.245. The summed E-state index contributed by atoms with van der Waals surface area (Å²) in [5.74, 6) is 1.14. The van der Waals surface area contributed by atoms with Crippen LogP contribution >= 0.6 is 0 Å². The van der Waals surface area contributed by atoms with Crippen LogP contribution in [0.4, 0.5) is 5.82 Å². The van der Waals surface area contributed by atoms with Crippen molar-refractivity contribution in [1.82, 2.24) is 15.1 Å². The van der Waals surface area contributed by atoms with Gasteiger partial charge in [-0.1, -0.05) is 31.2 Å². The molecule has 1 amide bonds. The SMILES string of the molecule is CCc1ccc(CCC(=O)N2CCN(c3ccc(C)nn3)CC2)cc1. The zero-order valence-electron chi connectivity index (χ0n) is 15.1. The number of rotatable bonds is 5. The molecule has 1 aromatic heterocycles. The van der Waals surface area contributed by atoms with Crippen LogP contribution in [0.25, 0.3) is 0 Å². The monoisotopic (exact) mass is 338 g/mol. The fourth-order valence-electron chi connectivity index (χ4n) is 3.10. The van der Waals surface area contributed by atoms with Crippen molar-refractivity contribution in [2.75, 3.05) is 31.1 Å². The van der Waals surface area contributed by atoms with E-state index in [-0.39, 0.29) is 5.91 Å². The smallest absolute Gasteiger partial charge is 0.223 e. The molecule has 5 nitrogen and oxygen atoms in total. The highest BCUT2D eigenvalue weighted by Crippen LogP contribution is 2.14. The molecule has 0 unspecified atom stereocenters. The van der Waals surface area contributed by atoms with Crippen LogP contribution in [-0.2, 0) is 17.6 Å². The molecule has 0 spiro atoms. The summed E-state index contributed by atoms with van der Waals surface area (Å²) in [6, 6.07) is 12.6. The zero-order valence-corrected chi connectivity index (χ0v) is 15.1. The quantitative estimate of drug-likeness (QED) is 0.841. The van der Waals surface area contributed by atoms with Crippen molar-refractivity contribution in [3.8, 4) is 0 Å². The third-order valence-electron chi connectivity index (χ3n) is 4.80. The van der Waals surface area contributed by atoms with Crippen molar-refractivity contribution in [2.45, 2.75) is 33.1 Å². The van der Waals surface area contributed by atoms with Crippen LogP contribution < -0.4 is 4.90 Å². The van der Waals surface area contributed by atoms with E-state index in [9.17, 15) is 4.79 Å². The molecule has 1 aliphatic heterocycles. The number of nitrogens with zero attached hydrogens (tertiary/aromatic N) is 4. The van der Waals surface area contributed by atoms with Crippen molar-refractivity contribution < 1.29 is 4.79 Å². The first-order chi connectivity index (χ1) is 12.2. The Balaban J connectivity index is 1.47. The topological polar surface area (TPSA) is 49.3 Å². The number of piperazine rings is 1. The summed E-state index contributed by atoms with van der Waals surface area (Å²) in [6.45, 7) is 7.22. The first-order valence-electron chi connectivity index (χ1n) is 9.06. The first-order valence-corrected chi connectivity index (χ1v) is 9.06. The predicted molar refractivity (Wildman–Crippen MR) is 99.7 cm³/mol. The van der Waals surface area contributed by atoms with E-state index in [1.807, 2.05) is 24.0 Å². The fourth-order valence-corrected chi connectivity index (χ4v) is 3.10. The summed E-state index contributed by atoms with van der Waals surface area (Å²) in [6.07, 6.45) is 2.44. The van der Waals surface area contributed by atoms with Crippen LogP contribution in [0.3, 0.4) is 0 Å². The minimum Gasteiger partial charge on any atom is -0.352 e. The molecule has 0 atom stereocenters. The van der Waals surface area contributed by atoms with E-state index in [0.717, 1.165) is 50.5 Å².